The fraction of sp³-hybridized carbons (Fsp3) is 0.294. The Morgan fingerprint density at radius 2 is 1.87 bits per heavy atom. The molecule has 0 bridgehead atoms. The van der Waals surface area contributed by atoms with Gasteiger partial charge in [0.2, 0.25) is 0 Å². The van der Waals surface area contributed by atoms with Gasteiger partial charge in [-0.25, -0.2) is 9.18 Å². The first-order valence-electron chi connectivity index (χ1n) is 7.34. The normalized spacial score (nSPS) is 10.3. The van der Waals surface area contributed by atoms with Gasteiger partial charge in [-0.1, -0.05) is 12.1 Å². The van der Waals surface area contributed by atoms with E-state index in [9.17, 15) is 9.18 Å². The summed E-state index contributed by atoms with van der Waals surface area (Å²) in [5.74, 6) is -0.292. The number of nitrogens with one attached hydrogen (secondary N) is 1. The van der Waals surface area contributed by atoms with Crippen molar-refractivity contribution in [3.63, 3.8) is 0 Å². The molecule has 0 radical (unpaired) electrons. The van der Waals surface area contributed by atoms with Crippen LogP contribution in [0.1, 0.15) is 11.1 Å². The van der Waals surface area contributed by atoms with Gasteiger partial charge in [0.25, 0.3) is 0 Å². The van der Waals surface area contributed by atoms with Crippen LogP contribution in [0.5, 0.6) is 0 Å². The van der Waals surface area contributed by atoms with Crippen molar-refractivity contribution in [2.24, 2.45) is 0 Å². The molecule has 6 heteroatoms. The van der Waals surface area contributed by atoms with Crippen molar-refractivity contribution in [3.8, 4) is 0 Å². The first-order valence-corrected chi connectivity index (χ1v) is 7.34. The summed E-state index contributed by atoms with van der Waals surface area (Å²) in [6.07, 6.45) is 3.39. The summed E-state index contributed by atoms with van der Waals surface area (Å²) in [5.41, 5.74) is 1.84. The second-order valence-corrected chi connectivity index (χ2v) is 5.05. The number of hydrogen-bond acceptors (Lipinski definition) is 3. The third-order valence-corrected chi connectivity index (χ3v) is 3.33. The van der Waals surface area contributed by atoms with Gasteiger partial charge in [-0.2, -0.15) is 0 Å². The molecule has 0 spiro atoms. The molecule has 0 aliphatic heterocycles. The lowest BCUT2D eigenvalue weighted by Gasteiger charge is -2.23. The van der Waals surface area contributed by atoms with E-state index in [1.807, 2.05) is 12.1 Å². The highest BCUT2D eigenvalue weighted by atomic mass is 19.1. The molecule has 1 aromatic carbocycles. The van der Waals surface area contributed by atoms with Crippen molar-refractivity contribution in [3.05, 3.63) is 65.7 Å². The molecule has 0 atom stereocenters. The fourth-order valence-electron chi connectivity index (χ4n) is 2.05. The van der Waals surface area contributed by atoms with Gasteiger partial charge in [-0.3, -0.25) is 4.98 Å². The number of amides is 2. The predicted molar refractivity (Wildman–Crippen MR) is 85.2 cm³/mol. The summed E-state index contributed by atoms with van der Waals surface area (Å²) in [5, 5.41) is 2.84. The Balaban J connectivity index is 1.94. The van der Waals surface area contributed by atoms with E-state index in [0.717, 1.165) is 11.1 Å². The standard InChI is InChI=1S/C17H20FN3O2/c1-23-11-10-21(13-15-6-8-19-9-7-15)17(22)20-12-14-2-4-16(18)5-3-14/h2-9H,10-13H2,1H3,(H,20,22). The highest BCUT2D eigenvalue weighted by molar-refractivity contribution is 5.74. The zero-order chi connectivity index (χ0) is 16.5. The van der Waals surface area contributed by atoms with Crippen molar-refractivity contribution >= 4 is 6.03 Å². The minimum absolute atomic E-state index is 0.191. The van der Waals surface area contributed by atoms with Crippen LogP contribution in [-0.4, -0.2) is 36.2 Å². The van der Waals surface area contributed by atoms with E-state index < -0.39 is 0 Å². The van der Waals surface area contributed by atoms with Gasteiger partial charge >= 0.3 is 6.03 Å². The molecule has 0 aliphatic carbocycles. The van der Waals surface area contributed by atoms with Crippen LogP contribution in [0.3, 0.4) is 0 Å². The number of benzene rings is 1. The van der Waals surface area contributed by atoms with Gasteiger partial charge in [0, 0.05) is 39.1 Å². The van der Waals surface area contributed by atoms with Crippen LogP contribution in [0.15, 0.2) is 48.8 Å². The van der Waals surface area contributed by atoms with Crippen LogP contribution in [0.25, 0.3) is 0 Å². The molecule has 0 saturated carbocycles. The van der Waals surface area contributed by atoms with Gasteiger partial charge < -0.3 is 15.0 Å². The van der Waals surface area contributed by atoms with Crippen LogP contribution < -0.4 is 5.32 Å². The summed E-state index contributed by atoms with van der Waals surface area (Å²) in [6, 6.07) is 9.60. The summed E-state index contributed by atoms with van der Waals surface area (Å²) in [6.45, 7) is 1.75. The smallest absolute Gasteiger partial charge is 0.318 e. The minimum atomic E-state index is -0.292. The minimum Gasteiger partial charge on any atom is -0.383 e. The molecule has 1 aromatic heterocycles. The van der Waals surface area contributed by atoms with E-state index >= 15 is 0 Å². The van der Waals surface area contributed by atoms with Crippen LogP contribution in [0.4, 0.5) is 9.18 Å². The van der Waals surface area contributed by atoms with Crippen LogP contribution in [0, 0.1) is 5.82 Å². The maximum absolute atomic E-state index is 12.9. The van der Waals surface area contributed by atoms with Gasteiger partial charge in [0.05, 0.1) is 6.61 Å². The lowest BCUT2D eigenvalue weighted by Crippen LogP contribution is -2.40. The molecule has 122 valence electrons. The topological polar surface area (TPSA) is 54.5 Å². The second kappa shape index (κ2) is 8.85. The molecule has 1 N–H and O–H groups in total. The second-order valence-electron chi connectivity index (χ2n) is 5.05. The Morgan fingerprint density at radius 1 is 1.17 bits per heavy atom. The van der Waals surface area contributed by atoms with E-state index in [1.165, 1.54) is 12.1 Å². The molecule has 2 rings (SSSR count). The maximum Gasteiger partial charge on any atom is 0.318 e. The average Bonchev–Trinajstić information content (AvgIpc) is 2.58. The number of hydrogen-bond donors (Lipinski definition) is 1. The zero-order valence-corrected chi connectivity index (χ0v) is 13.0. The van der Waals surface area contributed by atoms with Crippen molar-refractivity contribution in [1.82, 2.24) is 15.2 Å². The van der Waals surface area contributed by atoms with Crippen molar-refractivity contribution in [1.29, 1.82) is 0 Å². The van der Waals surface area contributed by atoms with Crippen molar-refractivity contribution in [2.45, 2.75) is 13.1 Å². The van der Waals surface area contributed by atoms with Gasteiger partial charge in [0.15, 0.2) is 0 Å². The van der Waals surface area contributed by atoms with Crippen LogP contribution >= 0.6 is 0 Å². The molecule has 1 heterocycles. The first-order chi connectivity index (χ1) is 11.2. The molecular formula is C17H20FN3O2. The zero-order valence-electron chi connectivity index (χ0n) is 13.0. The number of methoxy groups -OCH3 is 1. The molecule has 0 fully saturated rings. The lowest BCUT2D eigenvalue weighted by molar-refractivity contribution is 0.146. The Kier molecular flexibility index (Phi) is 6.50. The van der Waals surface area contributed by atoms with E-state index in [0.29, 0.717) is 26.2 Å². The molecule has 0 saturated heterocycles. The highest BCUT2D eigenvalue weighted by Gasteiger charge is 2.13. The number of carbonyl (C=O) groups excluding carboxylic acids is 1. The SMILES string of the molecule is COCCN(Cc1ccncc1)C(=O)NCc1ccc(F)cc1. The third kappa shape index (κ3) is 5.67. The monoisotopic (exact) mass is 317 g/mol. The van der Waals surface area contributed by atoms with Gasteiger partial charge in [-0.05, 0) is 35.4 Å². The molecule has 5 nitrogen and oxygen atoms in total. The summed E-state index contributed by atoms with van der Waals surface area (Å²) < 4.78 is 17.9. The molecule has 2 amide bonds. The van der Waals surface area contributed by atoms with Crippen molar-refractivity contribution < 1.29 is 13.9 Å². The Morgan fingerprint density at radius 3 is 2.52 bits per heavy atom. The van der Waals surface area contributed by atoms with Crippen LogP contribution in [-0.2, 0) is 17.8 Å². The molecule has 2 aromatic rings. The highest BCUT2D eigenvalue weighted by Crippen LogP contribution is 2.05. The summed E-state index contributed by atoms with van der Waals surface area (Å²) in [4.78, 5) is 18.0. The van der Waals surface area contributed by atoms with Crippen molar-refractivity contribution in [2.75, 3.05) is 20.3 Å². The predicted octanol–water partition coefficient (Wildman–Crippen LogP) is 2.58. The van der Waals surface area contributed by atoms with E-state index in [4.69, 9.17) is 4.74 Å². The summed E-state index contributed by atoms with van der Waals surface area (Å²) >= 11 is 0. The van der Waals surface area contributed by atoms with Gasteiger partial charge in [0.1, 0.15) is 5.82 Å². The third-order valence-electron chi connectivity index (χ3n) is 3.33. The number of rotatable bonds is 7. The average molecular weight is 317 g/mol. The summed E-state index contributed by atoms with van der Waals surface area (Å²) in [7, 11) is 1.60. The molecular weight excluding hydrogens is 297 g/mol. The Hall–Kier alpha value is -2.47. The van der Waals surface area contributed by atoms with E-state index in [2.05, 4.69) is 10.3 Å². The first kappa shape index (κ1) is 16.9. The Bertz CT molecular complexity index is 605. The number of urea groups is 1. The fourth-order valence-corrected chi connectivity index (χ4v) is 2.05. The number of nitrogens with zero attached hydrogens (tertiary/aromatic N) is 2. The number of ether oxygens (including phenoxy) is 1. The Labute approximate surface area is 135 Å². The molecule has 0 aliphatic rings. The molecule has 0 unspecified atom stereocenters. The number of pyridine rings is 1. The van der Waals surface area contributed by atoms with E-state index in [1.54, 1.807) is 36.5 Å². The maximum atomic E-state index is 12.9. The van der Waals surface area contributed by atoms with Gasteiger partial charge in [-0.15, -0.1) is 0 Å². The quantitative estimate of drug-likeness (QED) is 0.854. The number of aromatic nitrogens is 1. The lowest BCUT2D eigenvalue weighted by atomic mass is 10.2. The largest absolute Gasteiger partial charge is 0.383 e. The molecule has 23 heavy (non-hydrogen) atoms. The number of halogens is 1. The van der Waals surface area contributed by atoms with E-state index in [-0.39, 0.29) is 11.8 Å². The number of carbonyl (C=O) groups is 1. The van der Waals surface area contributed by atoms with Crippen LogP contribution in [0.2, 0.25) is 0 Å².